The van der Waals surface area contributed by atoms with Crippen LogP contribution in [0.15, 0.2) is 0 Å². The molecule has 30 heavy (non-hydrogen) atoms. The molecule has 0 saturated carbocycles. The third-order valence-corrected chi connectivity index (χ3v) is 5.41. The highest BCUT2D eigenvalue weighted by Gasteiger charge is 2.25. The van der Waals surface area contributed by atoms with Gasteiger partial charge in [0.15, 0.2) is 0 Å². The second kappa shape index (κ2) is 16.3. The van der Waals surface area contributed by atoms with Gasteiger partial charge in [0.2, 0.25) is 0 Å². The number of carbonyl (C=O) groups is 1. The average Bonchev–Trinajstić information content (AvgIpc) is 2.55. The summed E-state index contributed by atoms with van der Waals surface area (Å²) in [4.78, 5) is 20.9. The Labute approximate surface area is 185 Å². The zero-order chi connectivity index (χ0) is 23.0. The molecule has 0 aromatic rings. The third kappa shape index (κ3) is 22.4. The number of carboxylic acids is 1. The Bertz CT molecular complexity index is 436. The fourth-order valence-electron chi connectivity index (χ4n) is 2.91. The van der Waals surface area contributed by atoms with E-state index in [1.165, 1.54) is 19.3 Å². The molecule has 2 atom stereocenters. The summed E-state index contributed by atoms with van der Waals surface area (Å²) in [6.07, 6.45) is 8.26. The van der Waals surface area contributed by atoms with Crippen LogP contribution in [0.4, 0.5) is 0 Å². The Morgan fingerprint density at radius 2 is 1.47 bits per heavy atom. The van der Waals surface area contributed by atoms with Crippen LogP contribution in [0.2, 0.25) is 0 Å². The highest BCUT2D eigenvalue weighted by Crippen LogP contribution is 2.36. The Hall–Kier alpha value is -0.300. The standard InChI is InChI=1S/C22H46NO6P/c1-22(2,3)14-17-27-15-12-10-8-7-9-11-13-16-28-30(26)29-20(18-21(24)25)19-23(4,5)6/h20,26H,7-19H2,1-6H3/p+1/t20?,30-/m0/s1. The molecular formula is C22H47NO6P+. The number of hydrogen-bond acceptors (Lipinski definition) is 5. The molecule has 0 amide bonds. The van der Waals surface area contributed by atoms with E-state index in [0.29, 0.717) is 23.0 Å². The van der Waals surface area contributed by atoms with Crippen molar-refractivity contribution in [2.75, 3.05) is 47.5 Å². The lowest BCUT2D eigenvalue weighted by molar-refractivity contribution is -0.873. The summed E-state index contributed by atoms with van der Waals surface area (Å²) < 4.78 is 17.0. The van der Waals surface area contributed by atoms with Crippen LogP contribution in [-0.2, 0) is 18.6 Å². The first-order valence-electron chi connectivity index (χ1n) is 11.3. The van der Waals surface area contributed by atoms with Crippen molar-refractivity contribution >= 4 is 14.6 Å². The zero-order valence-electron chi connectivity index (χ0n) is 20.2. The normalized spacial score (nSPS) is 14.6. The van der Waals surface area contributed by atoms with Crippen molar-refractivity contribution in [2.24, 2.45) is 5.41 Å². The number of nitrogens with zero attached hydrogens (tertiary/aromatic N) is 1. The Morgan fingerprint density at radius 1 is 0.933 bits per heavy atom. The van der Waals surface area contributed by atoms with Crippen LogP contribution in [0.5, 0.6) is 0 Å². The number of quaternary nitrogens is 1. The lowest BCUT2D eigenvalue weighted by atomic mass is 9.93. The van der Waals surface area contributed by atoms with E-state index in [-0.39, 0.29) is 6.42 Å². The summed E-state index contributed by atoms with van der Waals surface area (Å²) >= 11 is 0. The number of ether oxygens (including phenoxy) is 1. The summed E-state index contributed by atoms with van der Waals surface area (Å²) in [7, 11) is 3.84. The number of likely N-dealkylation sites (N-methyl/N-ethyl adjacent to an activating group) is 1. The highest BCUT2D eigenvalue weighted by atomic mass is 31.2. The number of rotatable bonds is 19. The van der Waals surface area contributed by atoms with Gasteiger partial charge in [0, 0.05) is 13.2 Å². The number of aliphatic carboxylic acids is 1. The molecule has 2 N–H and O–H groups in total. The molecule has 0 spiro atoms. The van der Waals surface area contributed by atoms with Gasteiger partial charge in [-0.05, 0) is 24.7 Å². The largest absolute Gasteiger partial charge is 0.481 e. The Kier molecular flexibility index (Phi) is 16.2. The first kappa shape index (κ1) is 29.7. The average molecular weight is 453 g/mol. The van der Waals surface area contributed by atoms with E-state index < -0.39 is 20.7 Å². The van der Waals surface area contributed by atoms with Crippen LogP contribution in [0.1, 0.15) is 78.6 Å². The monoisotopic (exact) mass is 452 g/mol. The second-order valence-electron chi connectivity index (χ2n) is 10.3. The van der Waals surface area contributed by atoms with Gasteiger partial charge in [0.05, 0.1) is 34.2 Å². The van der Waals surface area contributed by atoms with Gasteiger partial charge in [-0.1, -0.05) is 52.9 Å². The fraction of sp³-hybridized carbons (Fsp3) is 0.955. The van der Waals surface area contributed by atoms with Crippen molar-refractivity contribution in [1.29, 1.82) is 0 Å². The Morgan fingerprint density at radius 3 is 1.97 bits per heavy atom. The summed E-state index contributed by atoms with van der Waals surface area (Å²) in [6, 6.07) is 0. The molecule has 0 fully saturated rings. The maximum Gasteiger partial charge on any atom is 0.330 e. The molecule has 0 aliphatic heterocycles. The lowest BCUT2D eigenvalue weighted by Crippen LogP contribution is -2.42. The van der Waals surface area contributed by atoms with Crippen molar-refractivity contribution in [1.82, 2.24) is 0 Å². The molecule has 0 bridgehead atoms. The van der Waals surface area contributed by atoms with Crippen LogP contribution < -0.4 is 0 Å². The third-order valence-electron chi connectivity index (χ3n) is 4.52. The highest BCUT2D eigenvalue weighted by molar-refractivity contribution is 7.40. The van der Waals surface area contributed by atoms with E-state index in [1.807, 2.05) is 21.1 Å². The molecule has 180 valence electrons. The van der Waals surface area contributed by atoms with Crippen molar-refractivity contribution in [3.8, 4) is 0 Å². The second-order valence-corrected chi connectivity index (χ2v) is 11.2. The molecule has 0 saturated heterocycles. The molecule has 0 heterocycles. The van der Waals surface area contributed by atoms with Crippen molar-refractivity contribution in [2.45, 2.75) is 84.7 Å². The van der Waals surface area contributed by atoms with E-state index in [1.54, 1.807) is 0 Å². The van der Waals surface area contributed by atoms with E-state index >= 15 is 0 Å². The lowest BCUT2D eigenvalue weighted by Gasteiger charge is -2.29. The maximum absolute atomic E-state index is 11.0. The SMILES string of the molecule is CC(C)(C)CCOCCCCCCCCCO[P@](O)OC(CC(=O)O)C[N+](C)(C)C. The molecule has 7 nitrogen and oxygen atoms in total. The molecule has 0 aromatic heterocycles. The van der Waals surface area contributed by atoms with Gasteiger partial charge >= 0.3 is 14.6 Å². The predicted molar refractivity (Wildman–Crippen MR) is 122 cm³/mol. The minimum Gasteiger partial charge on any atom is -0.481 e. The van der Waals surface area contributed by atoms with Gasteiger partial charge in [-0.2, -0.15) is 0 Å². The minimum absolute atomic E-state index is 0.139. The van der Waals surface area contributed by atoms with Crippen LogP contribution in [0.3, 0.4) is 0 Å². The maximum atomic E-state index is 11.0. The summed E-state index contributed by atoms with van der Waals surface area (Å²) in [6.45, 7) is 9.36. The quantitative estimate of drug-likeness (QED) is 0.163. The number of hydrogen-bond donors (Lipinski definition) is 2. The molecule has 0 radical (unpaired) electrons. The smallest absolute Gasteiger partial charge is 0.330 e. The Balaban J connectivity index is 3.61. The van der Waals surface area contributed by atoms with E-state index in [4.69, 9.17) is 18.9 Å². The minimum atomic E-state index is -2.04. The molecule has 0 rings (SSSR count). The number of unbranched alkanes of at least 4 members (excludes halogenated alkanes) is 6. The van der Waals surface area contributed by atoms with Crippen molar-refractivity contribution in [3.05, 3.63) is 0 Å². The fourth-order valence-corrected chi connectivity index (χ4v) is 3.65. The van der Waals surface area contributed by atoms with Gasteiger partial charge in [-0.25, -0.2) is 0 Å². The first-order chi connectivity index (χ1) is 13.9. The van der Waals surface area contributed by atoms with Crippen LogP contribution >= 0.6 is 8.60 Å². The van der Waals surface area contributed by atoms with E-state index in [9.17, 15) is 9.69 Å². The van der Waals surface area contributed by atoms with Crippen LogP contribution in [0.25, 0.3) is 0 Å². The molecule has 8 heteroatoms. The van der Waals surface area contributed by atoms with Gasteiger partial charge in [0.25, 0.3) is 0 Å². The van der Waals surface area contributed by atoms with Crippen molar-refractivity contribution in [3.63, 3.8) is 0 Å². The number of carboxylic acid groups (broad SMARTS) is 1. The molecular weight excluding hydrogens is 405 g/mol. The van der Waals surface area contributed by atoms with E-state index in [2.05, 4.69) is 20.8 Å². The van der Waals surface area contributed by atoms with Gasteiger partial charge < -0.3 is 28.3 Å². The predicted octanol–water partition coefficient (Wildman–Crippen LogP) is 4.97. The molecule has 0 aromatic carbocycles. The molecule has 0 aliphatic rings. The molecule has 0 aliphatic carbocycles. The topological polar surface area (TPSA) is 85.2 Å². The summed E-state index contributed by atoms with van der Waals surface area (Å²) in [5.74, 6) is -0.937. The summed E-state index contributed by atoms with van der Waals surface area (Å²) in [5, 5.41) is 9.00. The van der Waals surface area contributed by atoms with Crippen molar-refractivity contribution < 1.29 is 33.1 Å². The van der Waals surface area contributed by atoms with Gasteiger partial charge in [0.1, 0.15) is 12.6 Å². The van der Waals surface area contributed by atoms with Gasteiger partial charge in [-0.15, -0.1) is 0 Å². The summed E-state index contributed by atoms with van der Waals surface area (Å²) in [5.41, 5.74) is 0.346. The first-order valence-corrected chi connectivity index (χ1v) is 12.4. The van der Waals surface area contributed by atoms with Gasteiger partial charge in [-0.3, -0.25) is 4.79 Å². The van der Waals surface area contributed by atoms with Crippen LogP contribution in [-0.4, -0.2) is 74.1 Å². The van der Waals surface area contributed by atoms with E-state index in [0.717, 1.165) is 45.3 Å². The van der Waals surface area contributed by atoms with Crippen LogP contribution in [0, 0.1) is 5.41 Å². The zero-order valence-corrected chi connectivity index (χ0v) is 21.1. The molecule has 1 unspecified atom stereocenters.